The fraction of sp³-hybridized carbons (Fsp3) is 0.520. The van der Waals surface area contributed by atoms with Gasteiger partial charge < -0.3 is 19.6 Å². The molecule has 3 fully saturated rings. The summed E-state index contributed by atoms with van der Waals surface area (Å²) in [6.07, 6.45) is 0.992. The SMILES string of the molecule is COc1ccc([C@@H]2c3sc(=O)[nH]c3S[C@@H]3[C@H]4C[C@@H]([C@@H]5C(=O)N(CCCC(=O)O)C(=O)[C@H]45)[C@H]23)cc1OC. The lowest BCUT2D eigenvalue weighted by Crippen LogP contribution is -2.42. The second kappa shape index (κ2) is 8.65. The summed E-state index contributed by atoms with van der Waals surface area (Å²) in [6.45, 7) is 0.151. The van der Waals surface area contributed by atoms with Crippen molar-refractivity contribution in [2.75, 3.05) is 20.8 Å². The molecular formula is C25H26N2O7S2. The van der Waals surface area contributed by atoms with Crippen molar-refractivity contribution in [2.24, 2.45) is 29.6 Å². The number of nitrogens with zero attached hydrogens (tertiary/aromatic N) is 1. The van der Waals surface area contributed by atoms with Gasteiger partial charge in [0, 0.05) is 29.0 Å². The standard InChI is InChI=1S/C25H26N2O7S2/c1-33-13-6-5-10(8-14(13)34-2)16-17-11-9-12(20(17)35-22-21(16)36-25(32)26-22)19-18(11)23(30)27(24(19)31)7-3-4-15(28)29/h5-6,8,11-12,16-20H,3-4,7,9H2,1-2H3,(H,26,32)(H,28,29)/t11-,12+,16+,17-,18+,19-,20-/m1/s1. The van der Waals surface area contributed by atoms with Gasteiger partial charge in [-0.2, -0.15) is 0 Å². The van der Waals surface area contributed by atoms with Gasteiger partial charge in [0.15, 0.2) is 11.5 Å². The molecule has 2 aromatic rings. The summed E-state index contributed by atoms with van der Waals surface area (Å²) in [5.74, 6) is -0.734. The summed E-state index contributed by atoms with van der Waals surface area (Å²) in [4.78, 5) is 55.3. The Morgan fingerprint density at radius 1 is 1.11 bits per heavy atom. The first-order chi connectivity index (χ1) is 17.3. The number of carbonyl (C=O) groups is 3. The quantitative estimate of drug-likeness (QED) is 0.524. The first-order valence-corrected chi connectivity index (χ1v) is 13.7. The van der Waals surface area contributed by atoms with E-state index in [1.165, 1.54) is 16.2 Å². The number of imide groups is 1. The Balaban J connectivity index is 1.38. The number of carbonyl (C=O) groups excluding carboxylic acids is 2. The number of H-pyrrole nitrogens is 1. The van der Waals surface area contributed by atoms with E-state index in [1.54, 1.807) is 26.0 Å². The van der Waals surface area contributed by atoms with E-state index in [4.69, 9.17) is 14.6 Å². The topological polar surface area (TPSA) is 126 Å². The molecule has 0 spiro atoms. The number of fused-ring (bicyclic) bond motifs is 9. The molecule has 11 heteroatoms. The number of methoxy groups -OCH3 is 2. The van der Waals surface area contributed by atoms with E-state index in [0.29, 0.717) is 11.5 Å². The van der Waals surface area contributed by atoms with Gasteiger partial charge in [-0.3, -0.25) is 24.1 Å². The van der Waals surface area contributed by atoms with E-state index < -0.39 is 5.97 Å². The van der Waals surface area contributed by atoms with Crippen LogP contribution < -0.4 is 14.3 Å². The van der Waals surface area contributed by atoms with E-state index in [0.717, 1.165) is 21.9 Å². The van der Waals surface area contributed by atoms with Gasteiger partial charge in [-0.1, -0.05) is 17.4 Å². The number of amides is 2. The molecule has 1 aromatic heterocycles. The zero-order valence-corrected chi connectivity index (χ0v) is 21.4. The number of likely N-dealkylation sites (tertiary alicyclic amines) is 1. The Morgan fingerprint density at radius 3 is 2.53 bits per heavy atom. The molecule has 4 aliphatic rings. The third-order valence-corrected chi connectivity index (χ3v) is 10.9. The molecular weight excluding hydrogens is 504 g/mol. The van der Waals surface area contributed by atoms with E-state index in [9.17, 15) is 19.2 Å². The van der Waals surface area contributed by atoms with E-state index in [-0.39, 0.29) is 76.8 Å². The molecule has 2 aliphatic carbocycles. The Kier molecular flexibility index (Phi) is 5.67. The van der Waals surface area contributed by atoms with Crippen LogP contribution in [0.1, 0.15) is 35.6 Å². The molecule has 2 aliphatic heterocycles. The van der Waals surface area contributed by atoms with Crippen molar-refractivity contribution >= 4 is 40.9 Å². The second-order valence-electron chi connectivity index (χ2n) is 9.90. The first-order valence-electron chi connectivity index (χ1n) is 12.0. The van der Waals surface area contributed by atoms with Crippen molar-refractivity contribution in [3.8, 4) is 11.5 Å². The molecule has 36 heavy (non-hydrogen) atoms. The maximum atomic E-state index is 13.5. The molecule has 7 atom stereocenters. The van der Waals surface area contributed by atoms with Crippen molar-refractivity contribution in [2.45, 2.75) is 35.5 Å². The third-order valence-electron chi connectivity index (χ3n) is 8.35. The van der Waals surface area contributed by atoms with Crippen molar-refractivity contribution in [3.63, 3.8) is 0 Å². The lowest BCUT2D eigenvalue weighted by Gasteiger charge is -2.43. The molecule has 2 amide bonds. The van der Waals surface area contributed by atoms with Crippen LogP contribution in [-0.2, 0) is 14.4 Å². The van der Waals surface area contributed by atoms with Gasteiger partial charge in [0.1, 0.15) is 0 Å². The van der Waals surface area contributed by atoms with Crippen LogP contribution in [0.3, 0.4) is 0 Å². The number of ether oxygens (including phenoxy) is 2. The van der Waals surface area contributed by atoms with Crippen LogP contribution in [0.25, 0.3) is 0 Å². The Bertz CT molecular complexity index is 1320. The molecule has 2 N–H and O–H groups in total. The largest absolute Gasteiger partial charge is 0.493 e. The summed E-state index contributed by atoms with van der Waals surface area (Å²) in [6, 6.07) is 5.81. The van der Waals surface area contributed by atoms with Gasteiger partial charge in [-0.15, -0.1) is 11.8 Å². The van der Waals surface area contributed by atoms with Crippen molar-refractivity contribution in [1.82, 2.24) is 9.88 Å². The smallest absolute Gasteiger partial charge is 0.305 e. The van der Waals surface area contributed by atoms with Crippen LogP contribution in [0.15, 0.2) is 28.0 Å². The molecule has 2 bridgehead atoms. The highest BCUT2D eigenvalue weighted by Crippen LogP contribution is 2.68. The number of hydrogen-bond donors (Lipinski definition) is 2. The monoisotopic (exact) mass is 530 g/mol. The Morgan fingerprint density at radius 2 is 1.83 bits per heavy atom. The molecule has 9 nitrogen and oxygen atoms in total. The number of carboxylic acid groups (broad SMARTS) is 1. The molecule has 190 valence electrons. The molecule has 0 unspecified atom stereocenters. The molecule has 0 radical (unpaired) electrons. The lowest BCUT2D eigenvalue weighted by molar-refractivity contribution is -0.142. The molecule has 6 rings (SSSR count). The summed E-state index contributed by atoms with van der Waals surface area (Å²) in [7, 11) is 3.17. The number of thioether (sulfide) groups is 1. The third kappa shape index (κ3) is 3.35. The van der Waals surface area contributed by atoms with Gasteiger partial charge in [-0.25, -0.2) is 0 Å². The van der Waals surface area contributed by atoms with Crippen LogP contribution in [0, 0.1) is 29.6 Å². The van der Waals surface area contributed by atoms with Crippen molar-refractivity contribution in [3.05, 3.63) is 38.3 Å². The highest BCUT2D eigenvalue weighted by atomic mass is 32.2. The number of benzene rings is 1. The van der Waals surface area contributed by atoms with Crippen LogP contribution in [-0.4, -0.2) is 58.8 Å². The normalized spacial score (nSPS) is 31.8. The van der Waals surface area contributed by atoms with E-state index >= 15 is 0 Å². The minimum absolute atomic E-state index is 0.0156. The number of nitrogens with one attached hydrogen (secondary N) is 1. The summed E-state index contributed by atoms with van der Waals surface area (Å²) < 4.78 is 11.0. The maximum Gasteiger partial charge on any atom is 0.305 e. The highest BCUT2D eigenvalue weighted by molar-refractivity contribution is 8.00. The van der Waals surface area contributed by atoms with Crippen molar-refractivity contribution < 1.29 is 29.0 Å². The number of hydrogen-bond acceptors (Lipinski definition) is 8. The number of carboxylic acids is 1. The van der Waals surface area contributed by atoms with E-state index in [2.05, 4.69) is 4.98 Å². The minimum Gasteiger partial charge on any atom is -0.493 e. The van der Waals surface area contributed by atoms with Crippen LogP contribution in [0.4, 0.5) is 0 Å². The fourth-order valence-electron chi connectivity index (χ4n) is 7.11. The predicted molar refractivity (Wildman–Crippen MR) is 132 cm³/mol. The Hall–Kier alpha value is -2.79. The molecule has 1 aromatic carbocycles. The second-order valence-corrected chi connectivity index (χ2v) is 12.1. The number of aliphatic carboxylic acids is 1. The number of rotatable bonds is 7. The average molecular weight is 531 g/mol. The van der Waals surface area contributed by atoms with Crippen LogP contribution >= 0.6 is 23.1 Å². The van der Waals surface area contributed by atoms with Gasteiger partial charge in [0.05, 0.1) is 31.1 Å². The van der Waals surface area contributed by atoms with Gasteiger partial charge in [0.2, 0.25) is 11.8 Å². The van der Waals surface area contributed by atoms with Crippen LogP contribution in [0.2, 0.25) is 0 Å². The highest BCUT2D eigenvalue weighted by Gasteiger charge is 2.69. The summed E-state index contributed by atoms with van der Waals surface area (Å²) >= 11 is 2.85. The number of aromatic amines is 1. The maximum absolute atomic E-state index is 13.5. The average Bonchev–Trinajstić information content (AvgIpc) is 3.58. The molecule has 2 saturated carbocycles. The zero-order chi connectivity index (χ0) is 25.3. The lowest BCUT2D eigenvalue weighted by atomic mass is 9.68. The van der Waals surface area contributed by atoms with Crippen LogP contribution in [0.5, 0.6) is 11.5 Å². The van der Waals surface area contributed by atoms with Gasteiger partial charge >= 0.3 is 10.8 Å². The summed E-state index contributed by atoms with van der Waals surface area (Å²) in [5, 5.41) is 9.93. The zero-order valence-electron chi connectivity index (χ0n) is 19.8. The molecule has 3 heterocycles. The fourth-order valence-corrected chi connectivity index (χ4v) is 10.00. The van der Waals surface area contributed by atoms with Crippen molar-refractivity contribution in [1.29, 1.82) is 0 Å². The minimum atomic E-state index is -0.935. The predicted octanol–water partition coefficient (Wildman–Crippen LogP) is 2.79. The van der Waals surface area contributed by atoms with Gasteiger partial charge in [0.25, 0.3) is 0 Å². The number of aromatic nitrogens is 1. The van der Waals surface area contributed by atoms with Gasteiger partial charge in [-0.05, 0) is 48.3 Å². The first kappa shape index (κ1) is 23.6. The number of thiazole rings is 1. The molecule has 1 saturated heterocycles. The van der Waals surface area contributed by atoms with E-state index in [1.807, 2.05) is 18.2 Å². The Labute approximate surface area is 215 Å². The summed E-state index contributed by atoms with van der Waals surface area (Å²) in [5.41, 5.74) is 0.999.